The fourth-order valence-electron chi connectivity index (χ4n) is 2.14. The lowest BCUT2D eigenvalue weighted by Crippen LogP contribution is -2.42. The lowest BCUT2D eigenvalue weighted by Gasteiger charge is -2.31. The van der Waals surface area contributed by atoms with E-state index in [1.807, 2.05) is 0 Å². The Morgan fingerprint density at radius 2 is 2.30 bits per heavy atom. The molecular formula is C13H17BrFN3O2. The summed E-state index contributed by atoms with van der Waals surface area (Å²) >= 11 is 3.17. The van der Waals surface area contributed by atoms with Crippen molar-refractivity contribution in [2.24, 2.45) is 0 Å². The molecule has 0 aliphatic carbocycles. The number of hydrogen-bond donors (Lipinski definition) is 1. The van der Waals surface area contributed by atoms with Crippen molar-refractivity contribution in [3.63, 3.8) is 0 Å². The number of ether oxygens (including phenoxy) is 1. The minimum absolute atomic E-state index is 0.115. The quantitative estimate of drug-likeness (QED) is 0.914. The summed E-state index contributed by atoms with van der Waals surface area (Å²) in [4.78, 5) is 17.3. The number of carbonyl (C=O) groups is 1. The van der Waals surface area contributed by atoms with Crippen LogP contribution in [-0.2, 0) is 4.74 Å². The molecule has 1 saturated heterocycles. The van der Waals surface area contributed by atoms with E-state index in [4.69, 9.17) is 4.74 Å². The maximum atomic E-state index is 13.7. The molecule has 110 valence electrons. The summed E-state index contributed by atoms with van der Waals surface area (Å²) in [6, 6.07) is 1.49. The molecule has 1 aliphatic rings. The Morgan fingerprint density at radius 3 is 2.90 bits per heavy atom. The van der Waals surface area contributed by atoms with E-state index in [9.17, 15) is 9.18 Å². The molecule has 1 amide bonds. The number of carbonyl (C=O) groups excluding carboxylic acids is 1. The first-order chi connectivity index (χ1) is 9.60. The minimum Gasteiger partial charge on any atom is -0.450 e. The van der Waals surface area contributed by atoms with Crippen LogP contribution >= 0.6 is 15.9 Å². The lowest BCUT2D eigenvalue weighted by molar-refractivity contribution is 0.0983. The summed E-state index contributed by atoms with van der Waals surface area (Å²) in [7, 11) is 0. The van der Waals surface area contributed by atoms with Gasteiger partial charge in [-0.3, -0.25) is 0 Å². The standard InChI is InChI=1S/C13H17BrFN3O2/c1-2-20-13(19)18-5-3-10(4-6-18)17-12-11(15)7-9(14)8-16-12/h7-8,10H,2-6H2,1H3,(H,16,17). The summed E-state index contributed by atoms with van der Waals surface area (Å²) in [5.74, 6) is -0.130. The molecule has 0 saturated carbocycles. The van der Waals surface area contributed by atoms with Crippen molar-refractivity contribution >= 4 is 27.8 Å². The number of halogens is 2. The molecule has 0 bridgehead atoms. The van der Waals surface area contributed by atoms with Gasteiger partial charge >= 0.3 is 6.09 Å². The summed E-state index contributed by atoms with van der Waals surface area (Å²) in [5, 5.41) is 3.08. The molecule has 0 spiro atoms. The van der Waals surface area contributed by atoms with E-state index in [-0.39, 0.29) is 23.8 Å². The van der Waals surface area contributed by atoms with Gasteiger partial charge in [0.25, 0.3) is 0 Å². The number of anilines is 1. The first kappa shape index (κ1) is 15.0. The molecule has 1 N–H and O–H groups in total. The van der Waals surface area contributed by atoms with Gasteiger partial charge < -0.3 is 15.0 Å². The fraction of sp³-hybridized carbons (Fsp3) is 0.538. The van der Waals surface area contributed by atoms with Crippen molar-refractivity contribution in [3.05, 3.63) is 22.6 Å². The van der Waals surface area contributed by atoms with Gasteiger partial charge in [-0.25, -0.2) is 14.2 Å². The minimum atomic E-state index is -0.382. The molecule has 2 rings (SSSR count). The number of nitrogens with one attached hydrogen (secondary N) is 1. The fourth-order valence-corrected chi connectivity index (χ4v) is 2.44. The van der Waals surface area contributed by atoms with Gasteiger partial charge in [-0.15, -0.1) is 0 Å². The highest BCUT2D eigenvalue weighted by molar-refractivity contribution is 9.10. The van der Waals surface area contributed by atoms with Crippen LogP contribution in [0.5, 0.6) is 0 Å². The van der Waals surface area contributed by atoms with Crippen LogP contribution in [0.4, 0.5) is 15.0 Å². The average Bonchev–Trinajstić information content (AvgIpc) is 2.43. The molecule has 7 heteroatoms. The predicted molar refractivity (Wildman–Crippen MR) is 77.1 cm³/mol. The van der Waals surface area contributed by atoms with E-state index < -0.39 is 0 Å². The second-order valence-electron chi connectivity index (χ2n) is 4.59. The maximum Gasteiger partial charge on any atom is 0.409 e. The highest BCUT2D eigenvalue weighted by Gasteiger charge is 2.24. The third-order valence-electron chi connectivity index (χ3n) is 3.17. The molecule has 1 aliphatic heterocycles. The SMILES string of the molecule is CCOC(=O)N1CCC(Nc2ncc(Br)cc2F)CC1. The van der Waals surface area contributed by atoms with E-state index in [2.05, 4.69) is 26.2 Å². The van der Waals surface area contributed by atoms with Crippen molar-refractivity contribution in [2.45, 2.75) is 25.8 Å². The molecule has 1 aromatic heterocycles. The van der Waals surface area contributed by atoms with E-state index in [1.54, 1.807) is 18.0 Å². The van der Waals surface area contributed by atoms with E-state index in [1.165, 1.54) is 6.07 Å². The second kappa shape index (κ2) is 6.88. The second-order valence-corrected chi connectivity index (χ2v) is 5.50. The number of pyridine rings is 1. The van der Waals surface area contributed by atoms with Crippen molar-refractivity contribution in [1.29, 1.82) is 0 Å². The zero-order valence-electron chi connectivity index (χ0n) is 11.2. The monoisotopic (exact) mass is 345 g/mol. The summed E-state index contributed by atoms with van der Waals surface area (Å²) < 4.78 is 19.2. The molecule has 0 unspecified atom stereocenters. The number of aromatic nitrogens is 1. The number of nitrogens with zero attached hydrogens (tertiary/aromatic N) is 2. The first-order valence-corrected chi connectivity index (χ1v) is 7.38. The molecule has 20 heavy (non-hydrogen) atoms. The van der Waals surface area contributed by atoms with Gasteiger partial charge in [0.1, 0.15) is 0 Å². The Hall–Kier alpha value is -1.37. The average molecular weight is 346 g/mol. The summed E-state index contributed by atoms with van der Waals surface area (Å²) in [5.41, 5.74) is 0. The number of piperidine rings is 1. The zero-order valence-corrected chi connectivity index (χ0v) is 12.8. The van der Waals surface area contributed by atoms with Gasteiger partial charge in [-0.1, -0.05) is 0 Å². The highest BCUT2D eigenvalue weighted by Crippen LogP contribution is 2.20. The van der Waals surface area contributed by atoms with Gasteiger partial charge in [0.2, 0.25) is 0 Å². The van der Waals surface area contributed by atoms with Crippen LogP contribution in [-0.4, -0.2) is 41.7 Å². The van der Waals surface area contributed by atoms with Gasteiger partial charge in [-0.05, 0) is 41.8 Å². The Balaban J connectivity index is 1.86. The van der Waals surface area contributed by atoms with Crippen LogP contribution in [0.1, 0.15) is 19.8 Å². The van der Waals surface area contributed by atoms with E-state index in [0.717, 1.165) is 12.8 Å². The zero-order chi connectivity index (χ0) is 14.5. The summed E-state index contributed by atoms with van der Waals surface area (Å²) in [6.07, 6.45) is 2.77. The Labute approximate surface area is 125 Å². The smallest absolute Gasteiger partial charge is 0.409 e. The van der Waals surface area contributed by atoms with Crippen molar-refractivity contribution < 1.29 is 13.9 Å². The molecule has 0 aromatic carbocycles. The normalized spacial score (nSPS) is 16.1. The molecule has 0 atom stereocenters. The first-order valence-electron chi connectivity index (χ1n) is 6.59. The van der Waals surface area contributed by atoms with E-state index in [0.29, 0.717) is 24.2 Å². The van der Waals surface area contributed by atoms with Crippen LogP contribution in [0.15, 0.2) is 16.7 Å². The molecule has 1 fully saturated rings. The Morgan fingerprint density at radius 1 is 1.60 bits per heavy atom. The lowest BCUT2D eigenvalue weighted by atomic mass is 10.1. The molecule has 0 radical (unpaired) electrons. The molecule has 5 nitrogen and oxygen atoms in total. The van der Waals surface area contributed by atoms with Gasteiger partial charge in [-0.2, -0.15) is 0 Å². The van der Waals surface area contributed by atoms with Crippen molar-refractivity contribution in [1.82, 2.24) is 9.88 Å². The van der Waals surface area contributed by atoms with Crippen LogP contribution in [0.3, 0.4) is 0 Å². The summed E-state index contributed by atoms with van der Waals surface area (Å²) in [6.45, 7) is 3.38. The molecule has 1 aromatic rings. The van der Waals surface area contributed by atoms with E-state index >= 15 is 0 Å². The topological polar surface area (TPSA) is 54.5 Å². The van der Waals surface area contributed by atoms with Gasteiger partial charge in [0.15, 0.2) is 11.6 Å². The maximum absolute atomic E-state index is 13.7. The number of hydrogen-bond acceptors (Lipinski definition) is 4. The molecular weight excluding hydrogens is 329 g/mol. The number of likely N-dealkylation sites (tertiary alicyclic amines) is 1. The highest BCUT2D eigenvalue weighted by atomic mass is 79.9. The molecule has 2 heterocycles. The Bertz CT molecular complexity index is 479. The van der Waals surface area contributed by atoms with Crippen molar-refractivity contribution in [3.8, 4) is 0 Å². The van der Waals surface area contributed by atoms with Gasteiger partial charge in [0.05, 0.1) is 6.61 Å². The van der Waals surface area contributed by atoms with Crippen LogP contribution in [0, 0.1) is 5.82 Å². The van der Waals surface area contributed by atoms with Crippen LogP contribution in [0.25, 0.3) is 0 Å². The number of amides is 1. The van der Waals surface area contributed by atoms with Gasteiger partial charge in [0, 0.05) is 29.8 Å². The largest absolute Gasteiger partial charge is 0.450 e. The Kier molecular flexibility index (Phi) is 5.17. The van der Waals surface area contributed by atoms with Crippen LogP contribution in [0.2, 0.25) is 0 Å². The predicted octanol–water partition coefficient (Wildman–Crippen LogP) is 3.02. The third kappa shape index (κ3) is 3.82. The number of rotatable bonds is 3. The third-order valence-corrected chi connectivity index (χ3v) is 3.60. The van der Waals surface area contributed by atoms with Crippen molar-refractivity contribution in [2.75, 3.05) is 25.0 Å². The van der Waals surface area contributed by atoms with Crippen LogP contribution < -0.4 is 5.32 Å².